The number of hydrogen-bond acceptors (Lipinski definition) is 8. The lowest BCUT2D eigenvalue weighted by Gasteiger charge is -2.17. The molecule has 1 aliphatic rings. The zero-order valence-corrected chi connectivity index (χ0v) is 19.5. The second-order valence-electron chi connectivity index (χ2n) is 8.19. The van der Waals surface area contributed by atoms with Crippen LogP contribution in [0.15, 0.2) is 36.5 Å². The summed E-state index contributed by atoms with van der Waals surface area (Å²) in [5, 5.41) is 25.3. The molecule has 1 saturated carbocycles. The third-order valence-electron chi connectivity index (χ3n) is 5.68. The highest BCUT2D eigenvalue weighted by molar-refractivity contribution is 7.16. The summed E-state index contributed by atoms with van der Waals surface area (Å²) >= 11 is 1.61. The van der Waals surface area contributed by atoms with Crippen LogP contribution in [0.5, 0.6) is 0 Å². The van der Waals surface area contributed by atoms with Gasteiger partial charge in [-0.05, 0) is 62.8 Å². The minimum atomic E-state index is 0.118. The van der Waals surface area contributed by atoms with Gasteiger partial charge in [0.1, 0.15) is 5.82 Å². The number of thiophene rings is 1. The minimum absolute atomic E-state index is 0.118. The van der Waals surface area contributed by atoms with E-state index in [9.17, 15) is 5.11 Å². The fourth-order valence-electron chi connectivity index (χ4n) is 3.93. The molecule has 1 aliphatic carbocycles. The van der Waals surface area contributed by atoms with E-state index in [1.165, 1.54) is 0 Å². The molecule has 3 aromatic rings. The molecule has 2 atom stereocenters. The molecule has 8 heteroatoms. The lowest BCUT2D eigenvalue weighted by Crippen LogP contribution is -2.20. The molecule has 3 heterocycles. The molecule has 0 bridgehead atoms. The van der Waals surface area contributed by atoms with Crippen LogP contribution in [-0.2, 0) is 0 Å². The number of aliphatic hydroxyl groups is 2. The molecule has 0 radical (unpaired) electrons. The van der Waals surface area contributed by atoms with Crippen molar-refractivity contribution in [3.63, 3.8) is 0 Å². The van der Waals surface area contributed by atoms with Crippen molar-refractivity contribution in [2.45, 2.75) is 38.6 Å². The number of pyridine rings is 1. The predicted octanol–water partition coefficient (Wildman–Crippen LogP) is 3.68. The molecule has 7 nitrogen and oxygen atoms in total. The van der Waals surface area contributed by atoms with Crippen molar-refractivity contribution in [3.8, 4) is 22.4 Å². The Morgan fingerprint density at radius 3 is 2.79 bits per heavy atom. The van der Waals surface area contributed by atoms with Crippen LogP contribution in [-0.4, -0.2) is 51.0 Å². The van der Waals surface area contributed by atoms with Crippen molar-refractivity contribution in [1.82, 2.24) is 15.0 Å². The third kappa shape index (κ3) is 6.08. The van der Waals surface area contributed by atoms with Crippen LogP contribution in [0.1, 0.15) is 41.8 Å². The van der Waals surface area contributed by atoms with Crippen LogP contribution in [0.3, 0.4) is 0 Å². The minimum Gasteiger partial charge on any atom is -0.396 e. The van der Waals surface area contributed by atoms with E-state index in [0.29, 0.717) is 30.6 Å². The Morgan fingerprint density at radius 2 is 2.03 bits per heavy atom. The largest absolute Gasteiger partial charge is 0.396 e. The predicted molar refractivity (Wildman–Crippen MR) is 132 cm³/mol. The van der Waals surface area contributed by atoms with Gasteiger partial charge in [0, 0.05) is 32.0 Å². The van der Waals surface area contributed by atoms with Gasteiger partial charge in [-0.2, -0.15) is 4.98 Å². The third-order valence-corrected chi connectivity index (χ3v) is 6.71. The van der Waals surface area contributed by atoms with E-state index < -0.39 is 0 Å². The molecule has 0 unspecified atom stereocenters. The summed E-state index contributed by atoms with van der Waals surface area (Å²) in [5.74, 6) is 8.14. The van der Waals surface area contributed by atoms with Gasteiger partial charge in [0.15, 0.2) is 0 Å². The van der Waals surface area contributed by atoms with E-state index in [1.807, 2.05) is 37.3 Å². The van der Waals surface area contributed by atoms with Crippen LogP contribution in [0.25, 0.3) is 10.6 Å². The van der Waals surface area contributed by atoms with E-state index in [0.717, 1.165) is 46.0 Å². The van der Waals surface area contributed by atoms with Crippen molar-refractivity contribution in [1.29, 1.82) is 0 Å². The first-order valence-electron chi connectivity index (χ1n) is 11.3. The van der Waals surface area contributed by atoms with Gasteiger partial charge >= 0.3 is 0 Å². The molecular weight excluding hydrogens is 434 g/mol. The number of aromatic nitrogens is 3. The topological polar surface area (TPSA) is 103 Å². The normalized spacial score (nSPS) is 17.4. The van der Waals surface area contributed by atoms with Crippen LogP contribution >= 0.6 is 11.3 Å². The van der Waals surface area contributed by atoms with Gasteiger partial charge in [-0.1, -0.05) is 17.9 Å². The Bertz CT molecular complexity index is 1120. The fraction of sp³-hybridized carbons (Fsp3) is 0.400. The second-order valence-corrected chi connectivity index (χ2v) is 9.28. The number of anilines is 2. The maximum Gasteiger partial charge on any atom is 0.224 e. The molecule has 0 amide bonds. The summed E-state index contributed by atoms with van der Waals surface area (Å²) in [5.41, 5.74) is 2.52. The molecule has 4 N–H and O–H groups in total. The molecule has 172 valence electrons. The summed E-state index contributed by atoms with van der Waals surface area (Å²) in [6.07, 6.45) is 5.33. The Balaban J connectivity index is 1.59. The number of rotatable bonds is 8. The van der Waals surface area contributed by atoms with E-state index in [-0.39, 0.29) is 19.3 Å². The molecule has 4 rings (SSSR count). The quantitative estimate of drug-likeness (QED) is 0.298. The maximum atomic E-state index is 9.50. The van der Waals surface area contributed by atoms with Crippen molar-refractivity contribution in [2.24, 2.45) is 5.92 Å². The lowest BCUT2D eigenvalue weighted by molar-refractivity contribution is 0.229. The first kappa shape index (κ1) is 23.2. The molecule has 3 aromatic heterocycles. The first-order chi connectivity index (χ1) is 16.2. The van der Waals surface area contributed by atoms with Gasteiger partial charge in [0.05, 0.1) is 26.7 Å². The van der Waals surface area contributed by atoms with Crippen LogP contribution < -0.4 is 10.6 Å². The van der Waals surface area contributed by atoms with Gasteiger partial charge in [0.25, 0.3) is 0 Å². The van der Waals surface area contributed by atoms with Crippen LogP contribution in [0.2, 0.25) is 0 Å². The van der Waals surface area contributed by atoms with Crippen molar-refractivity contribution in [3.05, 3.63) is 52.7 Å². The first-order valence-corrected chi connectivity index (χ1v) is 12.1. The summed E-state index contributed by atoms with van der Waals surface area (Å²) in [6, 6.07) is 10.2. The zero-order chi connectivity index (χ0) is 23.0. The smallest absolute Gasteiger partial charge is 0.224 e. The highest BCUT2D eigenvalue weighted by atomic mass is 32.1. The van der Waals surface area contributed by atoms with E-state index >= 15 is 0 Å². The highest BCUT2D eigenvalue weighted by Gasteiger charge is 2.25. The Kier molecular flexibility index (Phi) is 7.89. The molecule has 0 spiro atoms. The number of aryl methyl sites for hydroxylation is 1. The Labute approximate surface area is 198 Å². The van der Waals surface area contributed by atoms with Gasteiger partial charge in [-0.15, -0.1) is 11.3 Å². The summed E-state index contributed by atoms with van der Waals surface area (Å²) in [4.78, 5) is 15.7. The fourth-order valence-corrected chi connectivity index (χ4v) is 4.76. The Morgan fingerprint density at radius 1 is 1.12 bits per heavy atom. The van der Waals surface area contributed by atoms with Crippen molar-refractivity contribution < 1.29 is 10.2 Å². The van der Waals surface area contributed by atoms with Crippen LogP contribution in [0, 0.1) is 24.7 Å². The van der Waals surface area contributed by atoms with Gasteiger partial charge in [0.2, 0.25) is 5.95 Å². The average Bonchev–Trinajstić information content (AvgIpc) is 3.49. The SMILES string of the molecule is Cc1nc(NCCCO)nc(N[C@H]2CC[C@@H](CO)C2)c1C#Cc1ccc(-c2ccccn2)s1. The molecule has 33 heavy (non-hydrogen) atoms. The lowest BCUT2D eigenvalue weighted by atomic mass is 10.1. The van der Waals surface area contributed by atoms with Gasteiger partial charge < -0.3 is 20.8 Å². The molecule has 1 fully saturated rings. The summed E-state index contributed by atoms with van der Waals surface area (Å²) in [6.45, 7) is 2.88. The Hall–Kier alpha value is -2.99. The number of aliphatic hydroxyl groups excluding tert-OH is 2. The average molecular weight is 464 g/mol. The maximum absolute atomic E-state index is 9.50. The number of hydrogen-bond donors (Lipinski definition) is 4. The summed E-state index contributed by atoms with van der Waals surface area (Å²) < 4.78 is 0. The highest BCUT2D eigenvalue weighted by Crippen LogP contribution is 2.29. The number of nitrogens with one attached hydrogen (secondary N) is 2. The second kappa shape index (κ2) is 11.2. The zero-order valence-electron chi connectivity index (χ0n) is 18.7. The molecule has 0 saturated heterocycles. The van der Waals surface area contributed by atoms with Gasteiger partial charge in [-0.3, -0.25) is 4.98 Å². The monoisotopic (exact) mass is 463 g/mol. The summed E-state index contributed by atoms with van der Waals surface area (Å²) in [7, 11) is 0. The van der Waals surface area contributed by atoms with E-state index in [4.69, 9.17) is 10.1 Å². The number of nitrogens with zero attached hydrogens (tertiary/aromatic N) is 3. The molecule has 0 aromatic carbocycles. The van der Waals surface area contributed by atoms with Crippen molar-refractivity contribution >= 4 is 23.1 Å². The van der Waals surface area contributed by atoms with Crippen LogP contribution in [0.4, 0.5) is 11.8 Å². The molecule has 0 aliphatic heterocycles. The van der Waals surface area contributed by atoms with Crippen molar-refractivity contribution in [2.75, 3.05) is 30.4 Å². The standard InChI is InChI=1S/C25H29N5O2S/c1-17-21(10-8-20-9-11-23(33-20)22-5-2-3-12-26-22)24(29-19-7-6-18(15-19)16-32)30-25(28-17)27-13-4-14-31/h2-3,5,9,11-12,18-19,31-32H,4,6-7,13-16H2,1H3,(H2,27,28,29,30)/t18-,19+/m1/s1. The van der Waals surface area contributed by atoms with Gasteiger partial charge in [-0.25, -0.2) is 4.98 Å². The van der Waals surface area contributed by atoms with E-state index in [2.05, 4.69) is 32.4 Å². The molecular formula is C25H29N5O2S. The van der Waals surface area contributed by atoms with E-state index in [1.54, 1.807) is 17.5 Å².